The van der Waals surface area contributed by atoms with Crippen LogP contribution in [-0.4, -0.2) is 39.9 Å². The number of H-pyrrole nitrogens is 1. The minimum Gasteiger partial charge on any atom is -0.457 e. The number of benzene rings is 2. The van der Waals surface area contributed by atoms with Crippen LogP contribution in [0.15, 0.2) is 61.1 Å². The lowest BCUT2D eigenvalue weighted by atomic mass is 10.0. The van der Waals surface area contributed by atoms with E-state index in [0.29, 0.717) is 44.5 Å². The first-order valence-electron chi connectivity index (χ1n) is 10.6. The Kier molecular flexibility index (Phi) is 5.75. The lowest BCUT2D eigenvalue weighted by Crippen LogP contribution is -2.38. The van der Waals surface area contributed by atoms with Crippen molar-refractivity contribution in [1.82, 2.24) is 20.3 Å². The van der Waals surface area contributed by atoms with E-state index in [4.69, 9.17) is 16.3 Å². The van der Waals surface area contributed by atoms with Crippen molar-refractivity contribution in [3.8, 4) is 11.5 Å². The zero-order valence-corrected chi connectivity index (χ0v) is 18.0. The number of carbonyl (C=O) groups excluding carboxylic acids is 1. The van der Waals surface area contributed by atoms with Crippen molar-refractivity contribution in [2.45, 2.75) is 18.9 Å². The van der Waals surface area contributed by atoms with Gasteiger partial charge in [0, 0.05) is 30.4 Å². The number of anilines is 1. The number of hydrogen-bond donors (Lipinski definition) is 3. The summed E-state index contributed by atoms with van der Waals surface area (Å²) in [5.41, 5.74) is 1.47. The normalized spacial score (nSPS) is 16.1. The summed E-state index contributed by atoms with van der Waals surface area (Å²) in [6.45, 7) is 1.88. The standard InChI is InChI=1S/C24H22ClN5O2/c25-20-11-17(32-16-6-2-1-3-7-16)8-9-18(20)22(31)19-13-27-23-21(19)24(29-14-28-23)30-15-5-4-10-26-12-15/h1-3,6-9,11,13-15,26H,4-5,10,12H2,(H2,27,28,29,30). The highest BCUT2D eigenvalue weighted by molar-refractivity contribution is 6.35. The summed E-state index contributed by atoms with van der Waals surface area (Å²) in [5, 5.41) is 7.84. The van der Waals surface area contributed by atoms with E-state index >= 15 is 0 Å². The number of aromatic amines is 1. The average molecular weight is 448 g/mol. The van der Waals surface area contributed by atoms with Gasteiger partial charge < -0.3 is 20.4 Å². The number of aromatic nitrogens is 3. The third kappa shape index (κ3) is 4.17. The molecule has 1 aliphatic rings. The van der Waals surface area contributed by atoms with Gasteiger partial charge in [-0.05, 0) is 43.7 Å². The molecule has 4 aromatic rings. The number of hydrogen-bond acceptors (Lipinski definition) is 6. The minimum atomic E-state index is -0.202. The number of ketones is 1. The molecule has 0 spiro atoms. The second-order valence-electron chi connectivity index (χ2n) is 7.72. The highest BCUT2D eigenvalue weighted by atomic mass is 35.5. The van der Waals surface area contributed by atoms with Crippen molar-refractivity contribution in [1.29, 1.82) is 0 Å². The molecule has 0 aliphatic carbocycles. The maximum absolute atomic E-state index is 13.4. The van der Waals surface area contributed by atoms with E-state index in [0.717, 1.165) is 25.9 Å². The fraction of sp³-hybridized carbons (Fsp3) is 0.208. The molecule has 0 saturated carbocycles. The SMILES string of the molecule is O=C(c1ccc(Oc2ccccc2)cc1Cl)c1c[nH]c2ncnc(NC3CCCNC3)c12. The smallest absolute Gasteiger partial charge is 0.196 e. The molecule has 1 saturated heterocycles. The minimum absolute atomic E-state index is 0.202. The van der Waals surface area contributed by atoms with E-state index in [1.165, 1.54) is 6.33 Å². The number of ether oxygens (including phenoxy) is 1. The van der Waals surface area contributed by atoms with Crippen LogP contribution >= 0.6 is 11.6 Å². The monoisotopic (exact) mass is 447 g/mol. The maximum atomic E-state index is 13.4. The van der Waals surface area contributed by atoms with Gasteiger partial charge in [-0.15, -0.1) is 0 Å². The average Bonchev–Trinajstić information content (AvgIpc) is 3.26. The highest BCUT2D eigenvalue weighted by Crippen LogP contribution is 2.31. The van der Waals surface area contributed by atoms with Crippen molar-refractivity contribution < 1.29 is 9.53 Å². The number of carbonyl (C=O) groups is 1. The molecule has 8 heteroatoms. The molecule has 3 heterocycles. The molecular formula is C24H22ClN5O2. The van der Waals surface area contributed by atoms with E-state index in [2.05, 4.69) is 25.6 Å². The Morgan fingerprint density at radius 2 is 1.97 bits per heavy atom. The van der Waals surface area contributed by atoms with Gasteiger partial charge in [0.15, 0.2) is 5.78 Å². The first-order chi connectivity index (χ1) is 15.7. The van der Waals surface area contributed by atoms with E-state index in [1.807, 2.05) is 30.3 Å². The Hall–Kier alpha value is -3.42. The van der Waals surface area contributed by atoms with Crippen molar-refractivity contribution in [3.05, 3.63) is 77.2 Å². The zero-order valence-electron chi connectivity index (χ0n) is 17.3. The molecule has 2 aromatic heterocycles. The summed E-state index contributed by atoms with van der Waals surface area (Å²) in [4.78, 5) is 25.2. The molecule has 1 fully saturated rings. The number of rotatable bonds is 6. The van der Waals surface area contributed by atoms with Gasteiger partial charge in [0.05, 0.1) is 16.0 Å². The second-order valence-corrected chi connectivity index (χ2v) is 8.13. The molecule has 1 unspecified atom stereocenters. The summed E-state index contributed by atoms with van der Waals surface area (Å²) in [5.74, 6) is 1.71. The van der Waals surface area contributed by atoms with Gasteiger partial charge in [0.2, 0.25) is 0 Å². The third-order valence-electron chi connectivity index (χ3n) is 5.52. The topological polar surface area (TPSA) is 91.9 Å². The Morgan fingerprint density at radius 3 is 2.75 bits per heavy atom. The highest BCUT2D eigenvalue weighted by Gasteiger charge is 2.22. The van der Waals surface area contributed by atoms with Gasteiger partial charge in [-0.2, -0.15) is 0 Å². The number of halogens is 1. The van der Waals surface area contributed by atoms with E-state index in [-0.39, 0.29) is 11.8 Å². The summed E-state index contributed by atoms with van der Waals surface area (Å²) in [6, 6.07) is 14.7. The molecule has 5 rings (SSSR count). The van der Waals surface area contributed by atoms with E-state index < -0.39 is 0 Å². The fourth-order valence-electron chi connectivity index (χ4n) is 3.93. The summed E-state index contributed by atoms with van der Waals surface area (Å²) >= 11 is 6.49. The quantitative estimate of drug-likeness (QED) is 0.368. The molecule has 0 bridgehead atoms. The van der Waals surface area contributed by atoms with E-state index in [9.17, 15) is 4.79 Å². The van der Waals surface area contributed by atoms with Crippen LogP contribution in [0.4, 0.5) is 5.82 Å². The maximum Gasteiger partial charge on any atom is 0.196 e. The molecule has 0 radical (unpaired) electrons. The second kappa shape index (κ2) is 8.98. The van der Waals surface area contributed by atoms with Crippen LogP contribution in [0.25, 0.3) is 11.0 Å². The van der Waals surface area contributed by atoms with Gasteiger partial charge in [0.25, 0.3) is 0 Å². The molecule has 3 N–H and O–H groups in total. The van der Waals surface area contributed by atoms with Crippen LogP contribution < -0.4 is 15.4 Å². The van der Waals surface area contributed by atoms with Crippen molar-refractivity contribution in [3.63, 3.8) is 0 Å². The van der Waals surface area contributed by atoms with Crippen molar-refractivity contribution >= 4 is 34.2 Å². The largest absolute Gasteiger partial charge is 0.457 e. The molecule has 32 heavy (non-hydrogen) atoms. The molecular weight excluding hydrogens is 426 g/mol. The first-order valence-corrected chi connectivity index (χ1v) is 10.9. The molecule has 1 aliphatic heterocycles. The van der Waals surface area contributed by atoms with Gasteiger partial charge in [-0.3, -0.25) is 4.79 Å². The lowest BCUT2D eigenvalue weighted by molar-refractivity contribution is 0.104. The first kappa shape index (κ1) is 20.5. The Bertz CT molecular complexity index is 1250. The molecule has 162 valence electrons. The molecule has 7 nitrogen and oxygen atoms in total. The van der Waals surface area contributed by atoms with Crippen molar-refractivity contribution in [2.24, 2.45) is 0 Å². The number of piperidine rings is 1. The Morgan fingerprint density at radius 1 is 1.09 bits per heavy atom. The lowest BCUT2D eigenvalue weighted by Gasteiger charge is -2.24. The van der Waals surface area contributed by atoms with Crippen LogP contribution in [0.1, 0.15) is 28.8 Å². The van der Waals surface area contributed by atoms with Gasteiger partial charge in [-0.1, -0.05) is 29.8 Å². The van der Waals surface area contributed by atoms with Gasteiger partial charge >= 0.3 is 0 Å². The number of fused-ring (bicyclic) bond motifs is 1. The van der Waals surface area contributed by atoms with Crippen LogP contribution in [0, 0.1) is 0 Å². The molecule has 1 atom stereocenters. The van der Waals surface area contributed by atoms with Crippen LogP contribution in [0.5, 0.6) is 11.5 Å². The number of nitrogens with one attached hydrogen (secondary N) is 3. The molecule has 2 aromatic carbocycles. The van der Waals surface area contributed by atoms with Crippen LogP contribution in [-0.2, 0) is 0 Å². The summed E-state index contributed by atoms with van der Waals surface area (Å²) in [6.07, 6.45) is 5.30. The Labute approximate surface area is 190 Å². The van der Waals surface area contributed by atoms with Gasteiger partial charge in [0.1, 0.15) is 29.3 Å². The predicted octanol–water partition coefficient (Wildman–Crippen LogP) is 4.80. The van der Waals surface area contributed by atoms with Crippen LogP contribution in [0.2, 0.25) is 5.02 Å². The van der Waals surface area contributed by atoms with Crippen molar-refractivity contribution in [2.75, 3.05) is 18.4 Å². The number of nitrogens with zero attached hydrogens (tertiary/aromatic N) is 2. The summed E-state index contributed by atoms with van der Waals surface area (Å²) < 4.78 is 5.82. The zero-order chi connectivity index (χ0) is 21.9. The Balaban J connectivity index is 1.44. The predicted molar refractivity (Wildman–Crippen MR) is 125 cm³/mol. The third-order valence-corrected chi connectivity index (χ3v) is 5.83. The summed E-state index contributed by atoms with van der Waals surface area (Å²) in [7, 11) is 0. The number of para-hydroxylation sites is 1. The molecule has 0 amide bonds. The van der Waals surface area contributed by atoms with Crippen LogP contribution in [0.3, 0.4) is 0 Å². The van der Waals surface area contributed by atoms with E-state index in [1.54, 1.807) is 24.4 Å². The van der Waals surface area contributed by atoms with Gasteiger partial charge in [-0.25, -0.2) is 9.97 Å². The fourth-order valence-corrected chi connectivity index (χ4v) is 4.19.